The minimum absolute atomic E-state index is 0.0550. The van der Waals surface area contributed by atoms with Crippen molar-refractivity contribution >= 4 is 45.9 Å². The van der Waals surface area contributed by atoms with Crippen LogP contribution in [0.3, 0.4) is 0 Å². The number of likely N-dealkylation sites (N-methyl/N-ethyl adjacent to an activating group) is 1. The second-order valence-electron chi connectivity index (χ2n) is 14.3. The normalized spacial score (nSPS) is 38.0. The minimum atomic E-state index is -0.678. The summed E-state index contributed by atoms with van der Waals surface area (Å²) in [6, 6.07) is 0. The molecule has 0 spiro atoms. The van der Waals surface area contributed by atoms with Crippen molar-refractivity contribution in [3.8, 4) is 0 Å². The molecule has 0 aromatic carbocycles. The van der Waals surface area contributed by atoms with E-state index in [1.54, 1.807) is 0 Å². The average Bonchev–Trinajstić information content (AvgIpc) is 3.59. The minimum Gasteiger partial charge on any atom is -0.461 e. The van der Waals surface area contributed by atoms with Crippen molar-refractivity contribution < 1.29 is 24.2 Å². The van der Waals surface area contributed by atoms with Crippen LogP contribution in [-0.4, -0.2) is 95.3 Å². The summed E-state index contributed by atoms with van der Waals surface area (Å²) in [5.74, 6) is 0.451. The maximum Gasteiger partial charge on any atom is 0.316 e. The van der Waals surface area contributed by atoms with Gasteiger partial charge in [-0.3, -0.25) is 19.3 Å². The number of amides is 1. The van der Waals surface area contributed by atoms with Gasteiger partial charge in [-0.25, -0.2) is 4.98 Å². The van der Waals surface area contributed by atoms with Crippen LogP contribution >= 0.6 is 23.1 Å². The lowest BCUT2D eigenvalue weighted by Crippen LogP contribution is -2.63. The van der Waals surface area contributed by atoms with Gasteiger partial charge in [0.1, 0.15) is 11.9 Å². The van der Waals surface area contributed by atoms with E-state index in [4.69, 9.17) is 4.74 Å². The van der Waals surface area contributed by atoms with E-state index in [9.17, 15) is 19.5 Å². The molecule has 2 bridgehead atoms. The van der Waals surface area contributed by atoms with Crippen LogP contribution in [0.1, 0.15) is 65.5 Å². The Bertz CT molecular complexity index is 1250. The summed E-state index contributed by atoms with van der Waals surface area (Å²) in [6.45, 7) is 16.6. The summed E-state index contributed by atoms with van der Waals surface area (Å²) in [5, 5.41) is 17.1. The fraction of sp³-hybridized carbons (Fsp3) is 0.758. The van der Waals surface area contributed by atoms with E-state index in [1.807, 2.05) is 18.4 Å². The number of nitrogens with zero attached hydrogens (tertiary/aromatic N) is 3. The number of carbonyl (C=O) groups is 3. The smallest absolute Gasteiger partial charge is 0.316 e. The van der Waals surface area contributed by atoms with Gasteiger partial charge in [0.2, 0.25) is 5.91 Å². The number of Topliss-reactive ketones (excluding diaryl/α,β-unsaturated/α-hetero) is 1. The fourth-order valence-electron chi connectivity index (χ4n) is 8.73. The summed E-state index contributed by atoms with van der Waals surface area (Å²) < 4.78 is 6.34. The van der Waals surface area contributed by atoms with Crippen LogP contribution in [0.15, 0.2) is 18.0 Å². The summed E-state index contributed by atoms with van der Waals surface area (Å²) >= 11 is 2.82. The zero-order chi connectivity index (χ0) is 31.9. The highest BCUT2D eigenvalue weighted by Crippen LogP contribution is 2.68. The highest BCUT2D eigenvalue weighted by atomic mass is 32.2. The number of thiazole rings is 1. The van der Waals surface area contributed by atoms with Crippen LogP contribution in [-0.2, 0) is 24.9 Å². The summed E-state index contributed by atoms with van der Waals surface area (Å²) in [6.07, 6.45) is 4.24. The molecule has 44 heavy (non-hydrogen) atoms. The zero-order valence-electron chi connectivity index (χ0n) is 27.0. The molecule has 3 saturated carbocycles. The standard InChI is InChI=1S/C33H50N4O5S2/c1-7-31(4)16-25(32(5)21(2)8-10-33(22(3)29(31)41)11-9-24(38)28(32)33)42-27(40)20-43-18-23-19-44-30(34-23)35-26(39)17-37-14-12-36(6)13-15-37/h7,19,21-22,25,28-29,41H,1,8-18,20H2,2-6H3,(H,34,35,39)/t21?,22-,25+,28?,29-,31+,32-,33?/m0/s1. The van der Waals surface area contributed by atoms with Gasteiger partial charge in [-0.1, -0.05) is 33.8 Å². The van der Waals surface area contributed by atoms with Gasteiger partial charge in [-0.05, 0) is 50.0 Å². The Morgan fingerprint density at radius 1 is 1.25 bits per heavy atom. The first kappa shape index (κ1) is 33.6. The van der Waals surface area contributed by atoms with E-state index in [0.29, 0.717) is 30.3 Å². The van der Waals surface area contributed by atoms with Crippen LogP contribution < -0.4 is 5.32 Å². The molecule has 5 rings (SSSR count). The van der Waals surface area contributed by atoms with Gasteiger partial charge in [-0.15, -0.1) is 29.7 Å². The average molecular weight is 647 g/mol. The fourth-order valence-corrected chi connectivity index (χ4v) is 10.3. The van der Waals surface area contributed by atoms with Gasteiger partial charge in [0.15, 0.2) is 5.13 Å². The van der Waals surface area contributed by atoms with Crippen molar-refractivity contribution in [1.82, 2.24) is 14.8 Å². The van der Waals surface area contributed by atoms with Crippen LogP contribution in [0.4, 0.5) is 5.13 Å². The molecule has 2 N–H and O–H groups in total. The molecular weight excluding hydrogens is 597 g/mol. The number of hydrogen-bond acceptors (Lipinski definition) is 10. The first-order valence-electron chi connectivity index (χ1n) is 16.1. The van der Waals surface area contributed by atoms with Gasteiger partial charge in [-0.2, -0.15) is 0 Å². The van der Waals surface area contributed by atoms with Crippen LogP contribution in [0.5, 0.6) is 0 Å². The number of ketones is 1. The second-order valence-corrected chi connectivity index (χ2v) is 16.2. The molecule has 244 valence electrons. The topological polar surface area (TPSA) is 112 Å². The number of rotatable bonds is 9. The molecule has 1 saturated heterocycles. The molecule has 4 fully saturated rings. The predicted molar refractivity (Wildman–Crippen MR) is 175 cm³/mol. The molecule has 2 heterocycles. The number of aliphatic hydroxyl groups is 1. The third-order valence-corrected chi connectivity index (χ3v) is 13.6. The molecule has 3 aliphatic carbocycles. The number of piperazine rings is 1. The monoisotopic (exact) mass is 646 g/mol. The van der Waals surface area contributed by atoms with E-state index in [0.717, 1.165) is 51.1 Å². The molecule has 1 amide bonds. The number of esters is 1. The number of anilines is 1. The Morgan fingerprint density at radius 3 is 2.68 bits per heavy atom. The SMILES string of the molecule is C=C[C@]1(C)C[C@@H](OC(=O)CSCc2csc(NC(=O)CN3CCN(C)CC3)n2)[C@]2(C)C(C)CCC3(CCC(=O)C32)[C@@H](C)[C@@H]1O. The number of aromatic nitrogens is 1. The first-order chi connectivity index (χ1) is 20.8. The first-order valence-corrected chi connectivity index (χ1v) is 18.1. The quantitative estimate of drug-likeness (QED) is 0.297. The van der Waals surface area contributed by atoms with Crippen LogP contribution in [0, 0.1) is 34.0 Å². The van der Waals surface area contributed by atoms with E-state index in [2.05, 4.69) is 54.5 Å². The molecule has 1 aromatic rings. The van der Waals surface area contributed by atoms with Crippen molar-refractivity contribution in [2.75, 3.05) is 50.8 Å². The Morgan fingerprint density at radius 2 is 1.98 bits per heavy atom. The lowest BCUT2D eigenvalue weighted by Gasteiger charge is -2.61. The van der Waals surface area contributed by atoms with E-state index in [1.165, 1.54) is 23.1 Å². The molecular formula is C33H50N4O5S2. The number of hydrogen-bond donors (Lipinski definition) is 2. The Labute approximate surface area is 270 Å². The van der Waals surface area contributed by atoms with E-state index < -0.39 is 23.0 Å². The lowest BCUT2D eigenvalue weighted by molar-refractivity contribution is -0.205. The summed E-state index contributed by atoms with van der Waals surface area (Å²) in [7, 11) is 2.09. The Balaban J connectivity index is 1.21. The molecule has 8 atom stereocenters. The molecule has 1 aromatic heterocycles. The van der Waals surface area contributed by atoms with Gasteiger partial charge in [0.25, 0.3) is 0 Å². The molecule has 0 radical (unpaired) electrons. The third kappa shape index (κ3) is 6.28. The highest BCUT2D eigenvalue weighted by Gasteiger charge is 2.68. The van der Waals surface area contributed by atoms with Gasteiger partial charge in [0, 0.05) is 60.5 Å². The number of ether oxygens (including phenoxy) is 1. The molecule has 9 nitrogen and oxygen atoms in total. The van der Waals surface area contributed by atoms with Crippen LogP contribution in [0.2, 0.25) is 0 Å². The van der Waals surface area contributed by atoms with Gasteiger partial charge >= 0.3 is 5.97 Å². The van der Waals surface area contributed by atoms with E-state index in [-0.39, 0.29) is 46.6 Å². The molecule has 4 aliphatic rings. The van der Waals surface area contributed by atoms with E-state index >= 15 is 0 Å². The van der Waals surface area contributed by atoms with Crippen LogP contribution in [0.25, 0.3) is 0 Å². The largest absolute Gasteiger partial charge is 0.461 e. The van der Waals surface area contributed by atoms with Crippen molar-refractivity contribution in [1.29, 1.82) is 0 Å². The maximum absolute atomic E-state index is 13.6. The molecule has 11 heteroatoms. The third-order valence-electron chi connectivity index (χ3n) is 11.8. The number of aliphatic hydroxyl groups excluding tert-OH is 1. The summed E-state index contributed by atoms with van der Waals surface area (Å²) in [4.78, 5) is 48.4. The predicted octanol–water partition coefficient (Wildman–Crippen LogP) is 4.47. The van der Waals surface area contributed by atoms with Crippen molar-refractivity contribution in [2.24, 2.45) is 34.0 Å². The Kier molecular flexibility index (Phi) is 10.0. The maximum atomic E-state index is 13.6. The van der Waals surface area contributed by atoms with Crippen molar-refractivity contribution in [3.05, 3.63) is 23.7 Å². The summed E-state index contributed by atoms with van der Waals surface area (Å²) in [5.41, 5.74) is -0.647. The number of nitrogens with one attached hydrogen (secondary N) is 1. The highest BCUT2D eigenvalue weighted by molar-refractivity contribution is 7.99. The molecule has 3 unspecified atom stereocenters. The number of carbonyl (C=O) groups excluding carboxylic acids is 3. The van der Waals surface area contributed by atoms with Gasteiger partial charge in [0.05, 0.1) is 24.1 Å². The number of thioether (sulfide) groups is 1. The second kappa shape index (κ2) is 13.1. The van der Waals surface area contributed by atoms with Gasteiger partial charge < -0.3 is 20.1 Å². The zero-order valence-corrected chi connectivity index (χ0v) is 28.6. The van der Waals surface area contributed by atoms with Crippen molar-refractivity contribution in [3.63, 3.8) is 0 Å². The lowest BCUT2D eigenvalue weighted by atomic mass is 9.44. The molecule has 1 aliphatic heterocycles. The Hall–Kier alpha value is -1.79. The van der Waals surface area contributed by atoms with Crippen molar-refractivity contribution in [2.45, 2.75) is 77.8 Å².